The van der Waals surface area contributed by atoms with Crippen LogP contribution in [0.25, 0.3) is 11.5 Å². The van der Waals surface area contributed by atoms with Crippen LogP contribution >= 0.6 is 0 Å². The van der Waals surface area contributed by atoms with Gasteiger partial charge in [0, 0.05) is 17.3 Å². The Bertz CT molecular complexity index is 808. The molecule has 0 aliphatic carbocycles. The highest BCUT2D eigenvalue weighted by Crippen LogP contribution is 2.26. The molecule has 22 heavy (non-hydrogen) atoms. The Morgan fingerprint density at radius 3 is 2.14 bits per heavy atom. The second-order valence-corrected chi connectivity index (χ2v) is 6.08. The molecule has 6 heteroatoms. The van der Waals surface area contributed by atoms with Gasteiger partial charge in [0.25, 0.3) is 0 Å². The summed E-state index contributed by atoms with van der Waals surface area (Å²) in [7, 11) is -3.76. The van der Waals surface area contributed by atoms with Crippen LogP contribution in [0.2, 0.25) is 0 Å². The van der Waals surface area contributed by atoms with Crippen molar-refractivity contribution in [3.63, 3.8) is 0 Å². The number of nitrogens with two attached hydrogens (primary N) is 1. The van der Waals surface area contributed by atoms with Gasteiger partial charge in [-0.05, 0) is 31.2 Å². The molecule has 2 rings (SSSR count). The van der Waals surface area contributed by atoms with Crippen LogP contribution in [-0.4, -0.2) is 19.7 Å². The Morgan fingerprint density at radius 1 is 1.05 bits per heavy atom. The van der Waals surface area contributed by atoms with Gasteiger partial charge in [-0.2, -0.15) is 0 Å². The van der Waals surface area contributed by atoms with Crippen molar-refractivity contribution >= 4 is 27.7 Å². The monoisotopic (exact) mass is 316 g/mol. The molecule has 0 saturated heterocycles. The summed E-state index contributed by atoms with van der Waals surface area (Å²) in [5.74, 6) is -0.0368. The van der Waals surface area contributed by atoms with E-state index in [4.69, 9.17) is 5.14 Å². The van der Waals surface area contributed by atoms with Gasteiger partial charge in [0.2, 0.25) is 10.0 Å². The molecule has 0 aromatic heterocycles. The van der Waals surface area contributed by atoms with Gasteiger partial charge in [-0.3, -0.25) is 4.99 Å². The van der Waals surface area contributed by atoms with Crippen LogP contribution in [0.5, 0.6) is 0 Å². The molecule has 0 fully saturated rings. The van der Waals surface area contributed by atoms with E-state index >= 15 is 0 Å². The van der Waals surface area contributed by atoms with Crippen molar-refractivity contribution in [2.75, 3.05) is 0 Å². The van der Waals surface area contributed by atoms with Gasteiger partial charge in [-0.15, -0.1) is 0 Å². The van der Waals surface area contributed by atoms with Gasteiger partial charge < -0.3 is 5.11 Å². The molecular weight excluding hydrogens is 300 g/mol. The molecule has 0 heterocycles. The third-order valence-electron chi connectivity index (χ3n) is 2.99. The number of aliphatic hydroxyl groups excluding tert-OH is 1. The maximum atomic E-state index is 11.3. The highest BCUT2D eigenvalue weighted by atomic mass is 32.2. The number of nitrogens with zero attached hydrogens (tertiary/aromatic N) is 1. The van der Waals surface area contributed by atoms with Crippen LogP contribution < -0.4 is 5.14 Å². The molecule has 0 bridgehead atoms. The lowest BCUT2D eigenvalue weighted by Crippen LogP contribution is -2.11. The highest BCUT2D eigenvalue weighted by molar-refractivity contribution is 7.89. The first kappa shape index (κ1) is 15.9. The average Bonchev–Trinajstić information content (AvgIpc) is 2.52. The summed E-state index contributed by atoms with van der Waals surface area (Å²) in [4.78, 5) is 4.19. The molecule has 0 amide bonds. The Hall–Kier alpha value is -2.44. The highest BCUT2D eigenvalue weighted by Gasteiger charge is 2.12. The number of sulfonamides is 1. The van der Waals surface area contributed by atoms with Gasteiger partial charge in [0.1, 0.15) is 11.5 Å². The van der Waals surface area contributed by atoms with Crippen LogP contribution in [0.15, 0.2) is 64.5 Å². The van der Waals surface area contributed by atoms with Crippen LogP contribution in [0, 0.1) is 0 Å². The Morgan fingerprint density at radius 2 is 1.64 bits per heavy atom. The Balaban J connectivity index is 2.52. The minimum Gasteiger partial charge on any atom is -0.505 e. The summed E-state index contributed by atoms with van der Waals surface area (Å²) in [5, 5.41) is 15.5. The van der Waals surface area contributed by atoms with Crippen LogP contribution in [0.4, 0.5) is 0 Å². The van der Waals surface area contributed by atoms with Gasteiger partial charge in [-0.25, -0.2) is 13.6 Å². The van der Waals surface area contributed by atoms with Crippen molar-refractivity contribution in [1.82, 2.24) is 0 Å². The van der Waals surface area contributed by atoms with E-state index in [1.54, 1.807) is 13.1 Å². The summed E-state index contributed by atoms with van der Waals surface area (Å²) in [5.41, 5.74) is 1.62. The minimum absolute atomic E-state index is 0.00990. The maximum Gasteiger partial charge on any atom is 0.238 e. The lowest BCUT2D eigenvalue weighted by molar-refractivity contribution is 0.513. The number of hydrogen-bond donors (Lipinski definition) is 2. The van der Waals surface area contributed by atoms with Gasteiger partial charge in [-0.1, -0.05) is 30.3 Å². The van der Waals surface area contributed by atoms with E-state index < -0.39 is 10.0 Å². The first-order chi connectivity index (χ1) is 10.4. The lowest BCUT2D eigenvalue weighted by atomic mass is 10.1. The predicted octanol–water partition coefficient (Wildman–Crippen LogP) is 2.81. The zero-order chi connectivity index (χ0) is 16.2. The smallest absolute Gasteiger partial charge is 0.238 e. The molecule has 3 N–H and O–H groups in total. The van der Waals surface area contributed by atoms with Crippen LogP contribution in [0.3, 0.4) is 0 Å². The van der Waals surface area contributed by atoms with Crippen molar-refractivity contribution in [2.45, 2.75) is 11.8 Å². The minimum atomic E-state index is -3.76. The van der Waals surface area contributed by atoms with Crippen molar-refractivity contribution < 1.29 is 13.5 Å². The van der Waals surface area contributed by atoms with Crippen molar-refractivity contribution in [3.05, 3.63) is 65.7 Å². The second-order valence-electron chi connectivity index (χ2n) is 4.52. The standard InChI is InChI=1S/C16H16N2O3S/c1-2-18-15(12-6-4-3-5-7-12)16(19)13-8-10-14(11-9-13)22(17,20)21/h2-11,19H,1H3,(H2,17,20,21)/b16-15-,18-2?. The van der Waals surface area contributed by atoms with E-state index in [-0.39, 0.29) is 10.7 Å². The van der Waals surface area contributed by atoms with Gasteiger partial charge in [0.05, 0.1) is 4.90 Å². The zero-order valence-corrected chi connectivity index (χ0v) is 12.8. The van der Waals surface area contributed by atoms with Crippen LogP contribution in [-0.2, 0) is 10.0 Å². The summed E-state index contributed by atoms with van der Waals surface area (Å²) < 4.78 is 22.5. The van der Waals surface area contributed by atoms with Crippen molar-refractivity contribution in [3.8, 4) is 0 Å². The fourth-order valence-electron chi connectivity index (χ4n) is 1.94. The summed E-state index contributed by atoms with van der Waals surface area (Å²) in [6, 6.07) is 14.9. The number of aliphatic hydroxyl groups is 1. The van der Waals surface area contributed by atoms with Gasteiger partial charge in [0.15, 0.2) is 0 Å². The Kier molecular flexibility index (Phi) is 4.75. The Labute approximate surface area is 129 Å². The molecule has 5 nitrogen and oxygen atoms in total. The number of rotatable bonds is 4. The third-order valence-corrected chi connectivity index (χ3v) is 3.92. The fourth-order valence-corrected chi connectivity index (χ4v) is 2.45. The second kappa shape index (κ2) is 6.55. The molecule has 0 unspecified atom stereocenters. The number of benzene rings is 2. The lowest BCUT2D eigenvalue weighted by Gasteiger charge is -2.08. The molecule has 0 saturated carbocycles. The molecule has 2 aromatic rings. The first-order valence-corrected chi connectivity index (χ1v) is 8.08. The topological polar surface area (TPSA) is 92.8 Å². The molecule has 0 spiro atoms. The summed E-state index contributed by atoms with van der Waals surface area (Å²) in [6.45, 7) is 1.75. The molecule has 0 aliphatic rings. The summed E-state index contributed by atoms with van der Waals surface area (Å²) >= 11 is 0. The zero-order valence-electron chi connectivity index (χ0n) is 12.0. The molecule has 114 valence electrons. The molecule has 0 radical (unpaired) electrons. The third kappa shape index (κ3) is 3.60. The largest absolute Gasteiger partial charge is 0.505 e. The molecule has 0 atom stereocenters. The van der Waals surface area contributed by atoms with E-state index in [1.807, 2.05) is 30.3 Å². The first-order valence-electron chi connectivity index (χ1n) is 6.54. The van der Waals surface area contributed by atoms with Gasteiger partial charge >= 0.3 is 0 Å². The number of primary sulfonamides is 1. The molecular formula is C16H16N2O3S. The predicted molar refractivity (Wildman–Crippen MR) is 87.9 cm³/mol. The van der Waals surface area contributed by atoms with Crippen LogP contribution in [0.1, 0.15) is 18.1 Å². The van der Waals surface area contributed by atoms with E-state index in [0.717, 1.165) is 5.56 Å². The van der Waals surface area contributed by atoms with Crippen molar-refractivity contribution in [1.29, 1.82) is 0 Å². The van der Waals surface area contributed by atoms with E-state index in [2.05, 4.69) is 4.99 Å². The molecule has 0 aliphatic heterocycles. The normalized spacial score (nSPS) is 13.2. The quantitative estimate of drug-likeness (QED) is 0.516. The van der Waals surface area contributed by atoms with E-state index in [0.29, 0.717) is 11.3 Å². The number of hydrogen-bond acceptors (Lipinski definition) is 4. The van der Waals surface area contributed by atoms with Crippen molar-refractivity contribution in [2.24, 2.45) is 10.1 Å². The average molecular weight is 316 g/mol. The molecule has 2 aromatic carbocycles. The fraction of sp³-hybridized carbons (Fsp3) is 0.0625. The van der Waals surface area contributed by atoms with E-state index in [9.17, 15) is 13.5 Å². The SMILES string of the molecule is CC=N/C(=C(\O)c1ccc(S(N)(=O)=O)cc1)c1ccccc1. The van der Waals surface area contributed by atoms with E-state index in [1.165, 1.54) is 24.3 Å². The maximum absolute atomic E-state index is 11.3. The summed E-state index contributed by atoms with van der Waals surface area (Å²) in [6.07, 6.45) is 1.58. The number of aliphatic imine (C=N–C) groups is 1.